The number of hydrogen-bond donors (Lipinski definition) is 0. The number of amides is 1. The zero-order chi connectivity index (χ0) is 18.2. The molecule has 0 atom stereocenters. The van der Waals surface area contributed by atoms with Crippen LogP contribution in [0.1, 0.15) is 37.6 Å². The summed E-state index contributed by atoms with van der Waals surface area (Å²) >= 11 is 0. The molecule has 0 aliphatic rings. The van der Waals surface area contributed by atoms with Crippen molar-refractivity contribution in [2.24, 2.45) is 0 Å². The number of hydrogen-bond acceptors (Lipinski definition) is 6. The highest BCUT2D eigenvalue weighted by atomic mass is 16.5. The van der Waals surface area contributed by atoms with Crippen LogP contribution in [0.4, 0.5) is 0 Å². The number of methoxy groups -OCH3 is 2. The Bertz CT molecular complexity index is 695. The van der Waals surface area contributed by atoms with E-state index in [1.165, 1.54) is 0 Å². The van der Waals surface area contributed by atoms with Gasteiger partial charge in [-0.3, -0.25) is 4.79 Å². The summed E-state index contributed by atoms with van der Waals surface area (Å²) in [4.78, 5) is 13.8. The van der Waals surface area contributed by atoms with Crippen molar-refractivity contribution in [3.8, 4) is 11.5 Å². The van der Waals surface area contributed by atoms with Crippen molar-refractivity contribution in [3.05, 3.63) is 35.5 Å². The molecule has 7 nitrogen and oxygen atoms in total. The Labute approximate surface area is 147 Å². The van der Waals surface area contributed by atoms with Crippen molar-refractivity contribution in [1.29, 1.82) is 0 Å². The van der Waals surface area contributed by atoms with E-state index < -0.39 is 0 Å². The Morgan fingerprint density at radius 1 is 1.12 bits per heavy atom. The molecule has 1 heterocycles. The van der Waals surface area contributed by atoms with Crippen LogP contribution in [0.15, 0.2) is 22.6 Å². The Morgan fingerprint density at radius 2 is 1.84 bits per heavy atom. The van der Waals surface area contributed by atoms with Crippen LogP contribution in [0.25, 0.3) is 0 Å². The highest BCUT2D eigenvalue weighted by Gasteiger charge is 2.14. The SMILES string of the molecule is CCN(CC)C(=O)CCc1nnc(Cc2cc(OC)ccc2OC)o1. The molecule has 136 valence electrons. The van der Waals surface area contributed by atoms with Crippen LogP contribution < -0.4 is 9.47 Å². The molecule has 1 aromatic heterocycles. The number of nitrogens with zero attached hydrogens (tertiary/aromatic N) is 3. The van der Waals surface area contributed by atoms with Gasteiger partial charge in [0, 0.05) is 31.5 Å². The second-order valence-corrected chi connectivity index (χ2v) is 5.51. The quantitative estimate of drug-likeness (QED) is 0.693. The zero-order valence-corrected chi connectivity index (χ0v) is 15.2. The lowest BCUT2D eigenvalue weighted by atomic mass is 10.1. The summed E-state index contributed by atoms with van der Waals surface area (Å²) in [6, 6.07) is 5.56. The van der Waals surface area contributed by atoms with Crippen LogP contribution >= 0.6 is 0 Å². The second kappa shape index (κ2) is 9.05. The van der Waals surface area contributed by atoms with Crippen LogP contribution in [-0.4, -0.2) is 48.3 Å². The molecule has 0 saturated heterocycles. The van der Waals surface area contributed by atoms with Crippen LogP contribution in [0.3, 0.4) is 0 Å². The third kappa shape index (κ3) is 4.95. The van der Waals surface area contributed by atoms with Gasteiger partial charge in [-0.1, -0.05) is 0 Å². The normalized spacial score (nSPS) is 10.6. The molecular formula is C18H25N3O4. The van der Waals surface area contributed by atoms with Gasteiger partial charge >= 0.3 is 0 Å². The fraction of sp³-hybridized carbons (Fsp3) is 0.500. The highest BCUT2D eigenvalue weighted by molar-refractivity contribution is 5.76. The van der Waals surface area contributed by atoms with E-state index in [2.05, 4.69) is 10.2 Å². The Hall–Kier alpha value is -2.57. The van der Waals surface area contributed by atoms with Gasteiger partial charge < -0.3 is 18.8 Å². The minimum absolute atomic E-state index is 0.0965. The first kappa shape index (κ1) is 18.8. The van der Waals surface area contributed by atoms with E-state index >= 15 is 0 Å². The van der Waals surface area contributed by atoms with Gasteiger partial charge in [0.05, 0.1) is 20.6 Å². The molecule has 0 bridgehead atoms. The second-order valence-electron chi connectivity index (χ2n) is 5.51. The van der Waals surface area contributed by atoms with Gasteiger partial charge in [0.2, 0.25) is 17.7 Å². The topological polar surface area (TPSA) is 77.7 Å². The number of carbonyl (C=O) groups excluding carboxylic acids is 1. The van der Waals surface area contributed by atoms with E-state index in [0.717, 1.165) is 17.1 Å². The molecule has 2 rings (SSSR count). The molecule has 0 aliphatic carbocycles. The van der Waals surface area contributed by atoms with E-state index in [9.17, 15) is 4.79 Å². The Kier molecular flexibility index (Phi) is 6.80. The van der Waals surface area contributed by atoms with E-state index in [0.29, 0.717) is 44.1 Å². The molecule has 0 aliphatic heterocycles. The zero-order valence-electron chi connectivity index (χ0n) is 15.2. The molecule has 1 aromatic carbocycles. The molecule has 0 N–H and O–H groups in total. The summed E-state index contributed by atoms with van der Waals surface area (Å²) in [6.45, 7) is 5.35. The number of rotatable bonds is 9. The first-order chi connectivity index (χ1) is 12.1. The van der Waals surface area contributed by atoms with Crippen LogP contribution in [-0.2, 0) is 17.6 Å². The summed E-state index contributed by atoms with van der Waals surface area (Å²) in [5.41, 5.74) is 0.899. The fourth-order valence-electron chi connectivity index (χ4n) is 2.59. The van der Waals surface area contributed by atoms with Crippen molar-refractivity contribution in [1.82, 2.24) is 15.1 Å². The lowest BCUT2D eigenvalue weighted by Crippen LogP contribution is -2.30. The summed E-state index contributed by atoms with van der Waals surface area (Å²) in [5, 5.41) is 8.10. The minimum atomic E-state index is 0.0965. The molecule has 25 heavy (non-hydrogen) atoms. The predicted molar refractivity (Wildman–Crippen MR) is 92.9 cm³/mol. The van der Waals surface area contributed by atoms with Crippen molar-refractivity contribution in [2.75, 3.05) is 27.3 Å². The number of aromatic nitrogens is 2. The van der Waals surface area contributed by atoms with Crippen LogP contribution in [0.2, 0.25) is 0 Å². The minimum Gasteiger partial charge on any atom is -0.497 e. The van der Waals surface area contributed by atoms with Gasteiger partial charge in [-0.15, -0.1) is 10.2 Å². The first-order valence-corrected chi connectivity index (χ1v) is 8.41. The molecule has 1 amide bonds. The number of benzene rings is 1. The molecule has 0 unspecified atom stereocenters. The van der Waals surface area contributed by atoms with E-state index in [1.54, 1.807) is 19.1 Å². The van der Waals surface area contributed by atoms with Gasteiger partial charge in [0.1, 0.15) is 11.5 Å². The van der Waals surface area contributed by atoms with Gasteiger partial charge in [-0.05, 0) is 32.0 Å². The maximum absolute atomic E-state index is 12.0. The van der Waals surface area contributed by atoms with Gasteiger partial charge in [0.25, 0.3) is 0 Å². The highest BCUT2D eigenvalue weighted by Crippen LogP contribution is 2.26. The maximum atomic E-state index is 12.0. The Balaban J connectivity index is 2.01. The third-order valence-corrected chi connectivity index (χ3v) is 4.01. The first-order valence-electron chi connectivity index (χ1n) is 8.41. The smallest absolute Gasteiger partial charge is 0.223 e. The fourth-order valence-corrected chi connectivity index (χ4v) is 2.59. The molecule has 0 fully saturated rings. The standard InChI is InChI=1S/C18H25N3O4/c1-5-21(6-2)18(22)10-9-16-19-20-17(25-16)12-13-11-14(23-3)7-8-15(13)24-4/h7-8,11H,5-6,9-10,12H2,1-4H3. The third-order valence-electron chi connectivity index (χ3n) is 4.01. The van der Waals surface area contributed by atoms with Crippen molar-refractivity contribution in [3.63, 3.8) is 0 Å². The van der Waals surface area contributed by atoms with Gasteiger partial charge in [-0.2, -0.15) is 0 Å². The van der Waals surface area contributed by atoms with Crippen molar-refractivity contribution < 1.29 is 18.7 Å². The molecule has 0 spiro atoms. The lowest BCUT2D eigenvalue weighted by molar-refractivity contribution is -0.130. The summed E-state index contributed by atoms with van der Waals surface area (Å²) in [5.74, 6) is 2.52. The van der Waals surface area contributed by atoms with Crippen molar-refractivity contribution in [2.45, 2.75) is 33.1 Å². The number of aryl methyl sites for hydroxylation is 1. The van der Waals surface area contributed by atoms with Crippen molar-refractivity contribution >= 4 is 5.91 Å². The summed E-state index contributed by atoms with van der Waals surface area (Å²) in [6.07, 6.45) is 1.25. The Morgan fingerprint density at radius 3 is 2.48 bits per heavy atom. The predicted octanol–water partition coefficient (Wildman–Crippen LogP) is 2.48. The van der Waals surface area contributed by atoms with E-state index in [-0.39, 0.29) is 5.91 Å². The lowest BCUT2D eigenvalue weighted by Gasteiger charge is -2.17. The number of ether oxygens (including phenoxy) is 2. The number of carbonyl (C=O) groups is 1. The monoisotopic (exact) mass is 347 g/mol. The molecule has 2 aromatic rings. The molecule has 0 radical (unpaired) electrons. The van der Waals surface area contributed by atoms with E-state index in [4.69, 9.17) is 13.9 Å². The maximum Gasteiger partial charge on any atom is 0.223 e. The van der Waals surface area contributed by atoms with Crippen LogP contribution in [0, 0.1) is 0 Å². The largest absolute Gasteiger partial charge is 0.497 e. The van der Waals surface area contributed by atoms with Crippen LogP contribution in [0.5, 0.6) is 11.5 Å². The van der Waals surface area contributed by atoms with E-state index in [1.807, 2.05) is 32.0 Å². The molecular weight excluding hydrogens is 322 g/mol. The summed E-state index contributed by atoms with van der Waals surface area (Å²) < 4.78 is 16.3. The van der Waals surface area contributed by atoms with Gasteiger partial charge in [0.15, 0.2) is 0 Å². The summed E-state index contributed by atoms with van der Waals surface area (Å²) in [7, 11) is 3.23. The van der Waals surface area contributed by atoms with Gasteiger partial charge in [-0.25, -0.2) is 0 Å². The molecule has 7 heteroatoms. The average Bonchev–Trinajstić information content (AvgIpc) is 3.08. The molecule has 0 saturated carbocycles. The average molecular weight is 347 g/mol.